The molecule has 0 aliphatic heterocycles. The first kappa shape index (κ1) is 11.9. The van der Waals surface area contributed by atoms with Crippen molar-refractivity contribution in [3.8, 4) is 6.07 Å². The highest BCUT2D eigenvalue weighted by atomic mass is 79.9. The van der Waals surface area contributed by atoms with Crippen molar-refractivity contribution in [2.45, 2.75) is 6.54 Å². The highest BCUT2D eigenvalue weighted by Gasteiger charge is 2.03. The van der Waals surface area contributed by atoms with Gasteiger partial charge in [0.05, 0.1) is 0 Å². The molecule has 92 valence electrons. The highest BCUT2D eigenvalue weighted by molar-refractivity contribution is 9.10. The standard InChI is InChI=1S/C15H10BrN3/c16-13-2-1-12-4-6-19(15(12)8-13)10-11-3-5-18-14(7-11)9-17/h1-8H,10H2. The smallest absolute Gasteiger partial charge is 0.140 e. The van der Waals surface area contributed by atoms with E-state index >= 15 is 0 Å². The molecule has 4 heteroatoms. The quantitative estimate of drug-likeness (QED) is 0.724. The maximum absolute atomic E-state index is 8.87. The van der Waals surface area contributed by atoms with E-state index in [1.807, 2.05) is 18.2 Å². The molecule has 0 fully saturated rings. The van der Waals surface area contributed by atoms with Crippen molar-refractivity contribution < 1.29 is 0 Å². The fourth-order valence-electron chi connectivity index (χ4n) is 2.13. The van der Waals surface area contributed by atoms with E-state index in [0.29, 0.717) is 5.69 Å². The Balaban J connectivity index is 2.01. The van der Waals surface area contributed by atoms with Gasteiger partial charge >= 0.3 is 0 Å². The summed E-state index contributed by atoms with van der Waals surface area (Å²) in [5, 5.41) is 10.1. The second kappa shape index (κ2) is 4.87. The first-order chi connectivity index (χ1) is 9.26. The summed E-state index contributed by atoms with van der Waals surface area (Å²) in [5.41, 5.74) is 2.70. The van der Waals surface area contributed by atoms with E-state index in [4.69, 9.17) is 5.26 Å². The van der Waals surface area contributed by atoms with Gasteiger partial charge < -0.3 is 4.57 Å². The Bertz CT molecular complexity index is 783. The maximum atomic E-state index is 8.87. The molecular weight excluding hydrogens is 302 g/mol. The van der Waals surface area contributed by atoms with Crippen molar-refractivity contribution in [2.24, 2.45) is 0 Å². The molecule has 0 radical (unpaired) electrons. The average Bonchev–Trinajstić information content (AvgIpc) is 2.81. The molecule has 0 aliphatic carbocycles. The average molecular weight is 312 g/mol. The lowest BCUT2D eigenvalue weighted by atomic mass is 10.2. The van der Waals surface area contributed by atoms with Crippen LogP contribution in [0.5, 0.6) is 0 Å². The molecule has 0 spiro atoms. The number of halogens is 1. The van der Waals surface area contributed by atoms with E-state index in [-0.39, 0.29) is 0 Å². The number of benzene rings is 1. The normalized spacial score (nSPS) is 10.5. The first-order valence-electron chi connectivity index (χ1n) is 5.86. The van der Waals surface area contributed by atoms with E-state index in [9.17, 15) is 0 Å². The summed E-state index contributed by atoms with van der Waals surface area (Å²) in [6.45, 7) is 0.733. The maximum Gasteiger partial charge on any atom is 0.140 e. The Hall–Kier alpha value is -2.12. The van der Waals surface area contributed by atoms with Crippen LogP contribution in [0.2, 0.25) is 0 Å². The van der Waals surface area contributed by atoms with Crippen molar-refractivity contribution >= 4 is 26.8 Å². The zero-order valence-corrected chi connectivity index (χ0v) is 11.6. The zero-order valence-electron chi connectivity index (χ0n) is 10.0. The van der Waals surface area contributed by atoms with Crippen molar-refractivity contribution in [1.82, 2.24) is 9.55 Å². The molecule has 2 aromatic heterocycles. The summed E-state index contributed by atoms with van der Waals surface area (Å²) in [6, 6.07) is 14.1. The van der Waals surface area contributed by atoms with E-state index in [2.05, 4.69) is 55.9 Å². The summed E-state index contributed by atoms with van der Waals surface area (Å²) < 4.78 is 3.23. The van der Waals surface area contributed by atoms with Crippen LogP contribution in [-0.4, -0.2) is 9.55 Å². The Morgan fingerprint density at radius 1 is 1.21 bits per heavy atom. The minimum atomic E-state index is 0.454. The summed E-state index contributed by atoms with van der Waals surface area (Å²) in [4.78, 5) is 3.99. The van der Waals surface area contributed by atoms with Gasteiger partial charge in [0.15, 0.2) is 0 Å². The lowest BCUT2D eigenvalue weighted by molar-refractivity contribution is 0.833. The molecule has 19 heavy (non-hydrogen) atoms. The third-order valence-electron chi connectivity index (χ3n) is 3.03. The summed E-state index contributed by atoms with van der Waals surface area (Å²) in [5.74, 6) is 0. The monoisotopic (exact) mass is 311 g/mol. The topological polar surface area (TPSA) is 41.6 Å². The van der Waals surface area contributed by atoms with Crippen LogP contribution >= 0.6 is 15.9 Å². The molecule has 3 nitrogen and oxygen atoms in total. The van der Waals surface area contributed by atoms with E-state index in [1.165, 1.54) is 10.9 Å². The molecule has 1 aromatic carbocycles. The van der Waals surface area contributed by atoms with Crippen molar-refractivity contribution in [3.05, 3.63) is 64.5 Å². The van der Waals surface area contributed by atoms with E-state index in [1.54, 1.807) is 6.20 Å². The van der Waals surface area contributed by atoms with Gasteiger partial charge in [0, 0.05) is 28.9 Å². The van der Waals surface area contributed by atoms with Crippen LogP contribution in [0, 0.1) is 11.3 Å². The highest BCUT2D eigenvalue weighted by Crippen LogP contribution is 2.21. The van der Waals surface area contributed by atoms with Gasteiger partial charge in [-0.15, -0.1) is 0 Å². The second-order valence-corrected chi connectivity index (χ2v) is 5.22. The van der Waals surface area contributed by atoms with Gasteiger partial charge in [-0.2, -0.15) is 5.26 Å². The largest absolute Gasteiger partial charge is 0.343 e. The number of rotatable bonds is 2. The predicted molar refractivity (Wildman–Crippen MR) is 77.7 cm³/mol. The molecule has 0 aliphatic rings. The zero-order chi connectivity index (χ0) is 13.2. The Labute approximate surface area is 119 Å². The van der Waals surface area contributed by atoms with Crippen molar-refractivity contribution in [1.29, 1.82) is 5.26 Å². The minimum absolute atomic E-state index is 0.454. The van der Waals surface area contributed by atoms with Gasteiger partial charge in [-0.3, -0.25) is 0 Å². The molecule has 2 heterocycles. The van der Waals surface area contributed by atoms with Gasteiger partial charge in [0.1, 0.15) is 11.8 Å². The third kappa shape index (κ3) is 2.38. The molecule has 0 atom stereocenters. The van der Waals surface area contributed by atoms with E-state index in [0.717, 1.165) is 16.6 Å². The molecule has 3 aromatic rings. The molecule has 0 amide bonds. The molecule has 0 unspecified atom stereocenters. The van der Waals surface area contributed by atoms with Crippen LogP contribution < -0.4 is 0 Å². The number of hydrogen-bond acceptors (Lipinski definition) is 2. The summed E-state index contributed by atoms with van der Waals surface area (Å²) in [6.07, 6.45) is 3.74. The second-order valence-electron chi connectivity index (χ2n) is 4.31. The Morgan fingerprint density at radius 3 is 2.95 bits per heavy atom. The fraction of sp³-hybridized carbons (Fsp3) is 0.0667. The minimum Gasteiger partial charge on any atom is -0.343 e. The number of nitrogens with zero attached hydrogens (tertiary/aromatic N) is 3. The lowest BCUT2D eigenvalue weighted by Gasteiger charge is -2.06. The number of fused-ring (bicyclic) bond motifs is 1. The lowest BCUT2D eigenvalue weighted by Crippen LogP contribution is -1.98. The Kier molecular flexibility index (Phi) is 3.06. The SMILES string of the molecule is N#Cc1cc(Cn2ccc3ccc(Br)cc32)ccn1. The third-order valence-corrected chi connectivity index (χ3v) is 3.52. The van der Waals surface area contributed by atoms with Gasteiger partial charge in [-0.1, -0.05) is 22.0 Å². The van der Waals surface area contributed by atoms with Crippen molar-refractivity contribution in [2.75, 3.05) is 0 Å². The summed E-state index contributed by atoms with van der Waals surface area (Å²) >= 11 is 3.49. The van der Waals surface area contributed by atoms with Crippen LogP contribution in [0.1, 0.15) is 11.3 Å². The molecule has 0 bridgehead atoms. The van der Waals surface area contributed by atoms with Gasteiger partial charge in [-0.25, -0.2) is 4.98 Å². The van der Waals surface area contributed by atoms with Gasteiger partial charge in [0.25, 0.3) is 0 Å². The van der Waals surface area contributed by atoms with Crippen LogP contribution in [0.25, 0.3) is 10.9 Å². The molecule has 0 saturated carbocycles. The van der Waals surface area contributed by atoms with Crippen molar-refractivity contribution in [3.63, 3.8) is 0 Å². The predicted octanol–water partition coefficient (Wildman–Crippen LogP) is 3.72. The number of pyridine rings is 1. The molecule has 0 N–H and O–H groups in total. The van der Waals surface area contributed by atoms with E-state index < -0.39 is 0 Å². The van der Waals surface area contributed by atoms with Crippen LogP contribution in [-0.2, 0) is 6.54 Å². The first-order valence-corrected chi connectivity index (χ1v) is 6.65. The fourth-order valence-corrected chi connectivity index (χ4v) is 2.47. The van der Waals surface area contributed by atoms with Gasteiger partial charge in [0.2, 0.25) is 0 Å². The van der Waals surface area contributed by atoms with Crippen LogP contribution in [0.4, 0.5) is 0 Å². The Morgan fingerprint density at radius 2 is 2.11 bits per heavy atom. The van der Waals surface area contributed by atoms with Gasteiger partial charge in [-0.05, 0) is 41.3 Å². The number of hydrogen-bond donors (Lipinski definition) is 0. The van der Waals surface area contributed by atoms with Crippen LogP contribution in [0.3, 0.4) is 0 Å². The number of aromatic nitrogens is 2. The molecule has 3 rings (SSSR count). The molecule has 0 saturated heterocycles. The number of nitriles is 1. The van der Waals surface area contributed by atoms with Crippen LogP contribution in [0.15, 0.2) is 53.3 Å². The molecular formula is C15H10BrN3. The summed E-state index contributed by atoms with van der Waals surface area (Å²) in [7, 11) is 0.